The standard InChI is InChI=1S/C14H25N3S/c1-9(2)15-7-10(3)8-18-14-16-12(5)11(4)13(6)17-14/h9-10,15H,7-8H2,1-6H3. The average Bonchev–Trinajstić information content (AvgIpc) is 2.30. The highest BCUT2D eigenvalue weighted by Gasteiger charge is 2.08. The highest BCUT2D eigenvalue weighted by atomic mass is 32.2. The van der Waals surface area contributed by atoms with Crippen molar-refractivity contribution >= 4 is 11.8 Å². The molecule has 0 radical (unpaired) electrons. The molecule has 1 unspecified atom stereocenters. The van der Waals surface area contributed by atoms with Crippen LogP contribution in [0.15, 0.2) is 5.16 Å². The largest absolute Gasteiger partial charge is 0.314 e. The third-order valence-electron chi connectivity index (χ3n) is 2.98. The van der Waals surface area contributed by atoms with Gasteiger partial charge in [0.15, 0.2) is 5.16 Å². The Morgan fingerprint density at radius 1 is 1.06 bits per heavy atom. The van der Waals surface area contributed by atoms with Gasteiger partial charge in [0.05, 0.1) is 0 Å². The van der Waals surface area contributed by atoms with E-state index < -0.39 is 0 Å². The lowest BCUT2D eigenvalue weighted by Gasteiger charge is -2.14. The smallest absolute Gasteiger partial charge is 0.188 e. The van der Waals surface area contributed by atoms with E-state index in [1.807, 2.05) is 0 Å². The molecule has 1 rings (SSSR count). The maximum absolute atomic E-state index is 4.53. The van der Waals surface area contributed by atoms with Crippen molar-refractivity contribution in [3.05, 3.63) is 17.0 Å². The first kappa shape index (κ1) is 15.4. The molecule has 1 aromatic heterocycles. The van der Waals surface area contributed by atoms with Crippen LogP contribution in [0.5, 0.6) is 0 Å². The van der Waals surface area contributed by atoms with Gasteiger partial charge >= 0.3 is 0 Å². The van der Waals surface area contributed by atoms with Crippen LogP contribution < -0.4 is 5.32 Å². The third-order valence-corrected chi connectivity index (χ3v) is 4.16. The second kappa shape index (κ2) is 7.10. The molecule has 1 heterocycles. The van der Waals surface area contributed by atoms with Gasteiger partial charge in [0.1, 0.15) is 0 Å². The fraction of sp³-hybridized carbons (Fsp3) is 0.714. The van der Waals surface area contributed by atoms with Gasteiger partial charge in [-0.05, 0) is 38.8 Å². The van der Waals surface area contributed by atoms with Crippen molar-refractivity contribution in [3.8, 4) is 0 Å². The van der Waals surface area contributed by atoms with Crippen LogP contribution in [-0.4, -0.2) is 28.3 Å². The molecule has 3 nitrogen and oxygen atoms in total. The number of rotatable bonds is 6. The van der Waals surface area contributed by atoms with Crippen molar-refractivity contribution in [3.63, 3.8) is 0 Å². The van der Waals surface area contributed by atoms with Crippen molar-refractivity contribution in [2.75, 3.05) is 12.3 Å². The number of aryl methyl sites for hydroxylation is 2. The number of nitrogens with one attached hydrogen (secondary N) is 1. The summed E-state index contributed by atoms with van der Waals surface area (Å²) in [5.74, 6) is 1.68. The summed E-state index contributed by atoms with van der Waals surface area (Å²) >= 11 is 1.76. The first-order chi connectivity index (χ1) is 8.40. The van der Waals surface area contributed by atoms with Gasteiger partial charge < -0.3 is 5.32 Å². The fourth-order valence-electron chi connectivity index (χ4n) is 1.52. The summed E-state index contributed by atoms with van der Waals surface area (Å²) in [5.41, 5.74) is 3.39. The van der Waals surface area contributed by atoms with Crippen LogP contribution in [0.4, 0.5) is 0 Å². The molecule has 0 amide bonds. The highest BCUT2D eigenvalue weighted by Crippen LogP contribution is 2.19. The molecule has 0 aliphatic carbocycles. The maximum atomic E-state index is 4.53. The van der Waals surface area contributed by atoms with Crippen LogP contribution in [0.3, 0.4) is 0 Å². The molecule has 1 aromatic rings. The second-order valence-corrected chi connectivity index (χ2v) is 6.27. The van der Waals surface area contributed by atoms with E-state index in [9.17, 15) is 0 Å². The number of hydrogen-bond donors (Lipinski definition) is 1. The molecule has 102 valence electrons. The van der Waals surface area contributed by atoms with Gasteiger partial charge in [-0.1, -0.05) is 32.5 Å². The molecule has 0 aromatic carbocycles. The molecule has 4 heteroatoms. The fourth-order valence-corrected chi connectivity index (χ4v) is 2.47. The minimum Gasteiger partial charge on any atom is -0.314 e. The molecule has 0 bridgehead atoms. The minimum atomic E-state index is 0.553. The van der Waals surface area contributed by atoms with E-state index in [1.165, 1.54) is 5.56 Å². The zero-order valence-electron chi connectivity index (χ0n) is 12.4. The monoisotopic (exact) mass is 267 g/mol. The number of nitrogens with zero attached hydrogens (tertiary/aromatic N) is 2. The van der Waals surface area contributed by atoms with Gasteiger partial charge in [-0.3, -0.25) is 0 Å². The summed E-state index contributed by atoms with van der Waals surface area (Å²) in [5, 5.41) is 4.37. The van der Waals surface area contributed by atoms with E-state index in [-0.39, 0.29) is 0 Å². The summed E-state index contributed by atoms with van der Waals surface area (Å²) in [6, 6.07) is 0.553. The molecule has 0 aliphatic rings. The minimum absolute atomic E-state index is 0.553. The molecule has 0 spiro atoms. The van der Waals surface area contributed by atoms with Crippen LogP contribution in [-0.2, 0) is 0 Å². The summed E-state index contributed by atoms with van der Waals surface area (Å²) < 4.78 is 0. The van der Waals surface area contributed by atoms with Gasteiger partial charge in [-0.25, -0.2) is 9.97 Å². The van der Waals surface area contributed by atoms with E-state index in [0.29, 0.717) is 12.0 Å². The van der Waals surface area contributed by atoms with Crippen molar-refractivity contribution in [1.82, 2.24) is 15.3 Å². The van der Waals surface area contributed by atoms with E-state index in [4.69, 9.17) is 0 Å². The van der Waals surface area contributed by atoms with Crippen molar-refractivity contribution < 1.29 is 0 Å². The lowest BCUT2D eigenvalue weighted by molar-refractivity contribution is 0.510. The van der Waals surface area contributed by atoms with Crippen LogP contribution in [0.25, 0.3) is 0 Å². The van der Waals surface area contributed by atoms with Crippen LogP contribution in [0, 0.1) is 26.7 Å². The van der Waals surface area contributed by atoms with E-state index in [1.54, 1.807) is 11.8 Å². The van der Waals surface area contributed by atoms with Gasteiger partial charge in [0.25, 0.3) is 0 Å². The Labute approximate surface area is 115 Å². The SMILES string of the molecule is Cc1nc(SCC(C)CNC(C)C)nc(C)c1C. The molecule has 0 aliphatic heterocycles. The predicted molar refractivity (Wildman–Crippen MR) is 79.3 cm³/mol. The Morgan fingerprint density at radius 2 is 1.61 bits per heavy atom. The first-order valence-electron chi connectivity index (χ1n) is 6.58. The summed E-state index contributed by atoms with van der Waals surface area (Å²) in [6.45, 7) is 13.8. The van der Waals surface area contributed by atoms with Crippen molar-refractivity contribution in [1.29, 1.82) is 0 Å². The van der Waals surface area contributed by atoms with Gasteiger partial charge in [-0.2, -0.15) is 0 Å². The van der Waals surface area contributed by atoms with Crippen LogP contribution in [0.2, 0.25) is 0 Å². The first-order valence-corrected chi connectivity index (χ1v) is 7.56. The highest BCUT2D eigenvalue weighted by molar-refractivity contribution is 7.99. The van der Waals surface area contributed by atoms with Crippen LogP contribution in [0.1, 0.15) is 37.7 Å². The Hall–Kier alpha value is -0.610. The lowest BCUT2D eigenvalue weighted by atomic mass is 10.2. The summed E-state index contributed by atoms with van der Waals surface area (Å²) in [6.07, 6.45) is 0. The van der Waals surface area contributed by atoms with E-state index in [2.05, 4.69) is 56.8 Å². The molecule has 18 heavy (non-hydrogen) atoms. The molecule has 1 N–H and O–H groups in total. The topological polar surface area (TPSA) is 37.8 Å². The van der Waals surface area contributed by atoms with Gasteiger partial charge in [0.2, 0.25) is 0 Å². The Morgan fingerprint density at radius 3 is 2.11 bits per heavy atom. The molecular formula is C14H25N3S. The van der Waals surface area contributed by atoms with Crippen molar-refractivity contribution in [2.24, 2.45) is 5.92 Å². The zero-order valence-corrected chi connectivity index (χ0v) is 13.2. The van der Waals surface area contributed by atoms with Gasteiger partial charge in [-0.15, -0.1) is 0 Å². The Balaban J connectivity index is 2.48. The number of thioether (sulfide) groups is 1. The van der Waals surface area contributed by atoms with E-state index in [0.717, 1.165) is 28.8 Å². The quantitative estimate of drug-likeness (QED) is 0.635. The van der Waals surface area contributed by atoms with E-state index >= 15 is 0 Å². The van der Waals surface area contributed by atoms with Crippen LogP contribution >= 0.6 is 11.8 Å². The second-order valence-electron chi connectivity index (χ2n) is 5.28. The number of hydrogen-bond acceptors (Lipinski definition) is 4. The molecule has 0 saturated heterocycles. The van der Waals surface area contributed by atoms with Gasteiger partial charge in [0, 0.05) is 23.2 Å². The normalized spacial score (nSPS) is 13.1. The van der Waals surface area contributed by atoms with Crippen molar-refractivity contribution in [2.45, 2.75) is 52.7 Å². The maximum Gasteiger partial charge on any atom is 0.188 e. The Bertz CT molecular complexity index is 368. The lowest BCUT2D eigenvalue weighted by Crippen LogP contribution is -2.28. The molecule has 1 atom stereocenters. The molecule has 0 saturated carbocycles. The predicted octanol–water partition coefficient (Wildman–Crippen LogP) is 3.13. The Kier molecular flexibility index (Phi) is 6.09. The average molecular weight is 267 g/mol. The summed E-state index contributed by atoms with van der Waals surface area (Å²) in [4.78, 5) is 9.06. The zero-order chi connectivity index (χ0) is 13.7. The summed E-state index contributed by atoms with van der Waals surface area (Å²) in [7, 11) is 0. The molecular weight excluding hydrogens is 242 g/mol. The third kappa shape index (κ3) is 4.94. The number of aromatic nitrogens is 2. The molecule has 0 fully saturated rings.